The van der Waals surface area contributed by atoms with Gasteiger partial charge in [0.2, 0.25) is 0 Å². The zero-order chi connectivity index (χ0) is 14.5. The van der Waals surface area contributed by atoms with E-state index < -0.39 is 4.92 Å². The second-order valence-corrected chi connectivity index (χ2v) is 4.51. The third-order valence-electron chi connectivity index (χ3n) is 2.75. The molecule has 0 spiro atoms. The summed E-state index contributed by atoms with van der Waals surface area (Å²) >= 11 is 6.02. The summed E-state index contributed by atoms with van der Waals surface area (Å²) in [5.41, 5.74) is 1.40. The molecule has 0 radical (unpaired) electrons. The van der Waals surface area contributed by atoms with Gasteiger partial charge in [-0.25, -0.2) is 0 Å². The highest BCUT2D eigenvalue weighted by atomic mass is 35.5. The lowest BCUT2D eigenvalue weighted by Crippen LogP contribution is -1.99. The Morgan fingerprint density at radius 2 is 1.90 bits per heavy atom. The van der Waals surface area contributed by atoms with Crippen molar-refractivity contribution in [3.05, 3.63) is 68.7 Å². The van der Waals surface area contributed by atoms with Crippen LogP contribution in [-0.4, -0.2) is 10.0 Å². The maximum atomic E-state index is 10.5. The van der Waals surface area contributed by atoms with Gasteiger partial charge in [-0.3, -0.25) is 10.1 Å². The Kier molecular flexibility index (Phi) is 4.55. The van der Waals surface area contributed by atoms with Crippen molar-refractivity contribution in [1.82, 2.24) is 0 Å². The molecule has 0 saturated heterocycles. The van der Waals surface area contributed by atoms with Gasteiger partial charge in [0.05, 0.1) is 16.6 Å². The van der Waals surface area contributed by atoms with Crippen molar-refractivity contribution in [1.29, 1.82) is 0 Å². The van der Waals surface area contributed by atoms with E-state index in [1.165, 1.54) is 12.1 Å². The lowest BCUT2D eigenvalue weighted by Gasteiger charge is -2.11. The fourth-order valence-corrected chi connectivity index (χ4v) is 1.96. The summed E-state index contributed by atoms with van der Waals surface area (Å²) in [6, 6.07) is 11.2. The molecule has 2 aromatic rings. The fourth-order valence-electron chi connectivity index (χ4n) is 1.71. The van der Waals surface area contributed by atoms with Crippen LogP contribution >= 0.6 is 11.6 Å². The Morgan fingerprint density at radius 3 is 2.50 bits per heavy atom. The molecule has 0 aliphatic rings. The van der Waals surface area contributed by atoms with Crippen LogP contribution in [0.15, 0.2) is 42.5 Å². The van der Waals surface area contributed by atoms with Crippen molar-refractivity contribution >= 4 is 17.3 Å². The molecule has 0 aliphatic heterocycles. The lowest BCUT2D eigenvalue weighted by molar-refractivity contribution is -0.384. The van der Waals surface area contributed by atoms with Gasteiger partial charge in [-0.2, -0.15) is 0 Å². The van der Waals surface area contributed by atoms with Crippen LogP contribution in [0.2, 0.25) is 5.02 Å². The molecule has 0 aromatic heterocycles. The number of para-hydroxylation sites is 1. The third-order valence-corrected chi connectivity index (χ3v) is 3.05. The highest BCUT2D eigenvalue weighted by molar-refractivity contribution is 6.32. The van der Waals surface area contributed by atoms with E-state index in [4.69, 9.17) is 16.3 Å². The number of halogens is 1. The molecule has 0 bridgehead atoms. The maximum absolute atomic E-state index is 10.5. The zero-order valence-corrected chi connectivity index (χ0v) is 11.2. The summed E-state index contributed by atoms with van der Waals surface area (Å²) in [5.74, 6) is 0.426. The van der Waals surface area contributed by atoms with Crippen molar-refractivity contribution in [2.75, 3.05) is 0 Å². The fraction of sp³-hybridized carbons (Fsp3) is 0.143. The van der Waals surface area contributed by atoms with Crippen LogP contribution in [0.1, 0.15) is 11.1 Å². The number of non-ortho nitro benzene ring substituents is 1. The van der Waals surface area contributed by atoms with Crippen LogP contribution in [0.5, 0.6) is 5.75 Å². The van der Waals surface area contributed by atoms with Gasteiger partial charge in [-0.1, -0.05) is 23.7 Å². The minimum Gasteiger partial charge on any atom is -0.487 e. The Hall–Kier alpha value is -2.11. The van der Waals surface area contributed by atoms with Crippen LogP contribution in [0.25, 0.3) is 0 Å². The van der Waals surface area contributed by atoms with Gasteiger partial charge in [-0.15, -0.1) is 0 Å². The highest BCUT2D eigenvalue weighted by Crippen LogP contribution is 2.29. The molecule has 0 fully saturated rings. The number of rotatable bonds is 5. The van der Waals surface area contributed by atoms with Gasteiger partial charge in [-0.05, 0) is 23.8 Å². The molecule has 6 heteroatoms. The largest absolute Gasteiger partial charge is 0.487 e. The summed E-state index contributed by atoms with van der Waals surface area (Å²) < 4.78 is 5.58. The zero-order valence-electron chi connectivity index (χ0n) is 10.5. The predicted molar refractivity (Wildman–Crippen MR) is 74.8 cm³/mol. The molecular weight excluding hydrogens is 282 g/mol. The first-order valence-corrected chi connectivity index (χ1v) is 6.24. The average molecular weight is 294 g/mol. The molecule has 0 heterocycles. The molecule has 2 rings (SSSR count). The number of aliphatic hydroxyl groups is 1. The van der Waals surface area contributed by atoms with Gasteiger partial charge in [0.1, 0.15) is 12.4 Å². The number of hydrogen-bond donors (Lipinski definition) is 1. The van der Waals surface area contributed by atoms with Crippen LogP contribution < -0.4 is 4.74 Å². The molecule has 5 nitrogen and oxygen atoms in total. The average Bonchev–Trinajstić information content (AvgIpc) is 2.46. The number of benzene rings is 2. The molecule has 0 aliphatic carbocycles. The SMILES string of the molecule is O=[N+]([O-])c1ccc(COc2c(Cl)cccc2CO)cc1. The predicted octanol–water partition coefficient (Wildman–Crippen LogP) is 3.32. The Labute approximate surface area is 120 Å². The molecule has 20 heavy (non-hydrogen) atoms. The van der Waals surface area contributed by atoms with E-state index in [1.54, 1.807) is 30.3 Å². The Morgan fingerprint density at radius 1 is 1.20 bits per heavy atom. The van der Waals surface area contributed by atoms with Crippen LogP contribution in [-0.2, 0) is 13.2 Å². The van der Waals surface area contributed by atoms with E-state index in [0.29, 0.717) is 16.3 Å². The minimum atomic E-state index is -0.456. The van der Waals surface area contributed by atoms with Crippen molar-refractivity contribution in [2.24, 2.45) is 0 Å². The second-order valence-electron chi connectivity index (χ2n) is 4.10. The second kappa shape index (κ2) is 6.36. The van der Waals surface area contributed by atoms with Crippen molar-refractivity contribution in [3.8, 4) is 5.75 Å². The number of nitro benzene ring substituents is 1. The van der Waals surface area contributed by atoms with Crippen LogP contribution in [0.4, 0.5) is 5.69 Å². The van der Waals surface area contributed by atoms with Crippen LogP contribution in [0, 0.1) is 10.1 Å². The van der Waals surface area contributed by atoms with E-state index in [9.17, 15) is 15.2 Å². The summed E-state index contributed by atoms with van der Waals surface area (Å²) in [7, 11) is 0. The molecule has 2 aromatic carbocycles. The number of aliphatic hydroxyl groups excluding tert-OH is 1. The van der Waals surface area contributed by atoms with Gasteiger partial charge < -0.3 is 9.84 Å². The number of ether oxygens (including phenoxy) is 1. The van der Waals surface area contributed by atoms with Crippen LogP contribution in [0.3, 0.4) is 0 Å². The molecule has 1 N–H and O–H groups in total. The number of nitrogens with zero attached hydrogens (tertiary/aromatic N) is 1. The molecule has 0 saturated carbocycles. The van der Waals surface area contributed by atoms with Crippen molar-refractivity contribution < 1.29 is 14.8 Å². The summed E-state index contributed by atoms with van der Waals surface area (Å²) in [5, 5.41) is 20.2. The quantitative estimate of drug-likeness (QED) is 0.678. The number of hydrogen-bond acceptors (Lipinski definition) is 4. The van der Waals surface area contributed by atoms with E-state index in [2.05, 4.69) is 0 Å². The molecule has 104 valence electrons. The summed E-state index contributed by atoms with van der Waals surface area (Å²) in [6.45, 7) is 0.0465. The summed E-state index contributed by atoms with van der Waals surface area (Å²) in [6.07, 6.45) is 0. The monoisotopic (exact) mass is 293 g/mol. The molecule has 0 amide bonds. The van der Waals surface area contributed by atoms with Gasteiger partial charge >= 0.3 is 0 Å². The number of nitro groups is 1. The lowest BCUT2D eigenvalue weighted by atomic mass is 10.2. The third kappa shape index (κ3) is 3.26. The maximum Gasteiger partial charge on any atom is 0.269 e. The van der Waals surface area contributed by atoms with Gasteiger partial charge in [0.15, 0.2) is 0 Å². The Balaban J connectivity index is 2.11. The molecule has 0 unspecified atom stereocenters. The van der Waals surface area contributed by atoms with E-state index in [0.717, 1.165) is 5.56 Å². The van der Waals surface area contributed by atoms with E-state index in [-0.39, 0.29) is 18.9 Å². The van der Waals surface area contributed by atoms with E-state index >= 15 is 0 Å². The first-order valence-electron chi connectivity index (χ1n) is 5.86. The summed E-state index contributed by atoms with van der Waals surface area (Å²) in [4.78, 5) is 10.1. The first kappa shape index (κ1) is 14.3. The minimum absolute atomic E-state index is 0.0301. The van der Waals surface area contributed by atoms with Crippen molar-refractivity contribution in [2.45, 2.75) is 13.2 Å². The van der Waals surface area contributed by atoms with Gasteiger partial charge in [0.25, 0.3) is 5.69 Å². The topological polar surface area (TPSA) is 72.6 Å². The van der Waals surface area contributed by atoms with E-state index in [1.807, 2.05) is 0 Å². The first-order chi connectivity index (χ1) is 9.61. The normalized spacial score (nSPS) is 10.3. The smallest absolute Gasteiger partial charge is 0.269 e. The molecular formula is C14H12ClNO4. The highest BCUT2D eigenvalue weighted by Gasteiger charge is 2.09. The standard InChI is InChI=1S/C14H12ClNO4/c15-13-3-1-2-11(8-17)14(13)20-9-10-4-6-12(7-5-10)16(18)19/h1-7,17H,8-9H2. The van der Waals surface area contributed by atoms with Crippen molar-refractivity contribution in [3.63, 3.8) is 0 Å². The molecule has 0 atom stereocenters. The Bertz CT molecular complexity index is 613. The van der Waals surface area contributed by atoms with Gasteiger partial charge in [0, 0.05) is 17.7 Å².